The van der Waals surface area contributed by atoms with Gasteiger partial charge < -0.3 is 0 Å². The molecule has 1 aromatic carbocycles. The molecule has 0 saturated heterocycles. The van der Waals surface area contributed by atoms with Crippen molar-refractivity contribution in [3.8, 4) is 0 Å². The molecule has 0 atom stereocenters. The molecule has 0 amide bonds. The lowest BCUT2D eigenvalue weighted by atomic mass is 10.0. The highest BCUT2D eigenvalue weighted by Crippen LogP contribution is 2.17. The van der Waals surface area contributed by atoms with Crippen LogP contribution < -0.4 is 0 Å². The number of rotatable bonds is 0. The number of fused-ring (bicyclic) bond motifs is 1. The maximum Gasteiger partial charge on any atom is -0.0181 e. The van der Waals surface area contributed by atoms with Crippen molar-refractivity contribution in [3.05, 3.63) is 59.2 Å². The van der Waals surface area contributed by atoms with Crippen LogP contribution in [0.4, 0.5) is 0 Å². The Labute approximate surface area is 78.9 Å². The third-order valence-corrected chi connectivity index (χ3v) is 2.13. The first-order valence-electron chi connectivity index (χ1n) is 4.48. The minimum absolute atomic E-state index is 1.28. The molecule has 1 aliphatic carbocycles. The van der Waals surface area contributed by atoms with Crippen LogP contribution in [0.15, 0.2) is 48.1 Å². The minimum atomic E-state index is 1.28. The molecule has 0 bridgehead atoms. The second-order valence-electron chi connectivity index (χ2n) is 3.24. The standard InChI is InChI=1S/C13H12/c1-11-6-2-3-7-12-8-4-5-9-13(12)10-11/h2-10H,1H3. The van der Waals surface area contributed by atoms with Gasteiger partial charge in [-0.3, -0.25) is 0 Å². The molecule has 13 heavy (non-hydrogen) atoms. The highest BCUT2D eigenvalue weighted by molar-refractivity contribution is 5.69. The van der Waals surface area contributed by atoms with Gasteiger partial charge >= 0.3 is 0 Å². The fraction of sp³-hybridized carbons (Fsp3) is 0.0769. The van der Waals surface area contributed by atoms with Crippen LogP contribution in [0.2, 0.25) is 0 Å². The van der Waals surface area contributed by atoms with E-state index in [1.807, 2.05) is 0 Å². The van der Waals surface area contributed by atoms with Crippen LogP contribution in [0.3, 0.4) is 0 Å². The monoisotopic (exact) mass is 168 g/mol. The third kappa shape index (κ3) is 1.78. The summed E-state index contributed by atoms with van der Waals surface area (Å²) in [6, 6.07) is 8.41. The molecule has 0 heterocycles. The van der Waals surface area contributed by atoms with Crippen LogP contribution >= 0.6 is 0 Å². The number of hydrogen-bond acceptors (Lipinski definition) is 0. The van der Waals surface area contributed by atoms with Crippen LogP contribution in [0.5, 0.6) is 0 Å². The lowest BCUT2D eigenvalue weighted by molar-refractivity contribution is 1.52. The summed E-state index contributed by atoms with van der Waals surface area (Å²) in [7, 11) is 0. The number of hydrogen-bond donors (Lipinski definition) is 0. The number of allylic oxidation sites excluding steroid dienone is 4. The van der Waals surface area contributed by atoms with Crippen molar-refractivity contribution in [3.63, 3.8) is 0 Å². The Morgan fingerprint density at radius 3 is 2.38 bits per heavy atom. The summed E-state index contributed by atoms with van der Waals surface area (Å²) < 4.78 is 0. The van der Waals surface area contributed by atoms with Gasteiger partial charge in [0.15, 0.2) is 0 Å². The van der Waals surface area contributed by atoms with E-state index in [1.165, 1.54) is 16.7 Å². The molecule has 2 rings (SSSR count). The van der Waals surface area contributed by atoms with Gasteiger partial charge in [0.05, 0.1) is 0 Å². The summed E-state index contributed by atoms with van der Waals surface area (Å²) in [5, 5.41) is 0. The third-order valence-electron chi connectivity index (χ3n) is 2.13. The molecular weight excluding hydrogens is 156 g/mol. The van der Waals surface area contributed by atoms with E-state index in [1.54, 1.807) is 0 Å². The zero-order chi connectivity index (χ0) is 9.10. The Hall–Kier alpha value is -1.56. The lowest BCUT2D eigenvalue weighted by Crippen LogP contribution is -1.82. The van der Waals surface area contributed by atoms with Crippen molar-refractivity contribution in [1.29, 1.82) is 0 Å². The Kier molecular flexibility index (Phi) is 2.13. The SMILES string of the molecule is CC1=Cc2ccccc2C=CC=C1. The number of benzene rings is 1. The van der Waals surface area contributed by atoms with Crippen molar-refractivity contribution in [2.45, 2.75) is 6.92 Å². The Bertz CT molecular complexity index is 392. The molecule has 0 heteroatoms. The van der Waals surface area contributed by atoms with Crippen molar-refractivity contribution in [1.82, 2.24) is 0 Å². The van der Waals surface area contributed by atoms with Gasteiger partial charge in [-0.05, 0) is 18.1 Å². The summed E-state index contributed by atoms with van der Waals surface area (Å²) in [5.74, 6) is 0. The molecule has 0 aromatic heterocycles. The average Bonchev–Trinajstić information content (AvgIpc) is 2.11. The molecule has 0 radical (unpaired) electrons. The molecule has 0 saturated carbocycles. The average molecular weight is 168 g/mol. The van der Waals surface area contributed by atoms with Gasteiger partial charge in [0.2, 0.25) is 0 Å². The van der Waals surface area contributed by atoms with Crippen molar-refractivity contribution in [2.75, 3.05) is 0 Å². The van der Waals surface area contributed by atoms with E-state index in [0.29, 0.717) is 0 Å². The summed E-state index contributed by atoms with van der Waals surface area (Å²) in [5.41, 5.74) is 3.86. The molecule has 0 unspecified atom stereocenters. The Balaban J connectivity index is 2.58. The lowest BCUT2D eigenvalue weighted by Gasteiger charge is -2.03. The van der Waals surface area contributed by atoms with E-state index in [4.69, 9.17) is 0 Å². The van der Waals surface area contributed by atoms with Crippen molar-refractivity contribution in [2.24, 2.45) is 0 Å². The predicted molar refractivity (Wildman–Crippen MR) is 58.3 cm³/mol. The summed E-state index contributed by atoms with van der Waals surface area (Å²) in [6.45, 7) is 2.12. The summed E-state index contributed by atoms with van der Waals surface area (Å²) in [6.07, 6.45) is 10.6. The van der Waals surface area contributed by atoms with Crippen molar-refractivity contribution >= 4 is 12.2 Å². The van der Waals surface area contributed by atoms with Gasteiger partial charge in [-0.1, -0.05) is 60.2 Å². The molecule has 0 aliphatic heterocycles. The Morgan fingerprint density at radius 2 is 1.54 bits per heavy atom. The van der Waals surface area contributed by atoms with Crippen molar-refractivity contribution < 1.29 is 0 Å². The zero-order valence-corrected chi connectivity index (χ0v) is 7.70. The van der Waals surface area contributed by atoms with Gasteiger partial charge in [0.25, 0.3) is 0 Å². The molecule has 0 nitrogen and oxygen atoms in total. The maximum absolute atomic E-state index is 2.20. The molecule has 0 fully saturated rings. The van der Waals surface area contributed by atoms with Crippen LogP contribution in [-0.4, -0.2) is 0 Å². The maximum atomic E-state index is 2.20. The van der Waals surface area contributed by atoms with E-state index >= 15 is 0 Å². The zero-order valence-electron chi connectivity index (χ0n) is 7.70. The first-order chi connectivity index (χ1) is 6.36. The van der Waals surface area contributed by atoms with Gasteiger partial charge in [-0.25, -0.2) is 0 Å². The topological polar surface area (TPSA) is 0 Å². The first kappa shape index (κ1) is 8.06. The van der Waals surface area contributed by atoms with Gasteiger partial charge in [0, 0.05) is 0 Å². The van der Waals surface area contributed by atoms with E-state index < -0.39 is 0 Å². The van der Waals surface area contributed by atoms with Crippen LogP contribution in [-0.2, 0) is 0 Å². The normalized spacial score (nSPS) is 14.4. The quantitative estimate of drug-likeness (QED) is 0.554. The van der Waals surface area contributed by atoms with Crippen LogP contribution in [0, 0.1) is 0 Å². The van der Waals surface area contributed by atoms with Crippen LogP contribution in [0.1, 0.15) is 18.1 Å². The molecule has 0 spiro atoms. The second-order valence-corrected chi connectivity index (χ2v) is 3.24. The minimum Gasteiger partial charge on any atom is -0.0620 e. The summed E-state index contributed by atoms with van der Waals surface area (Å²) in [4.78, 5) is 0. The van der Waals surface area contributed by atoms with E-state index in [-0.39, 0.29) is 0 Å². The highest BCUT2D eigenvalue weighted by atomic mass is 14.0. The van der Waals surface area contributed by atoms with Gasteiger partial charge in [0.1, 0.15) is 0 Å². The molecule has 64 valence electrons. The van der Waals surface area contributed by atoms with Gasteiger partial charge in [-0.2, -0.15) is 0 Å². The predicted octanol–water partition coefficient (Wildman–Crippen LogP) is 3.67. The molecule has 1 aromatic rings. The fourth-order valence-corrected chi connectivity index (χ4v) is 1.45. The summed E-state index contributed by atoms with van der Waals surface area (Å²) >= 11 is 0. The van der Waals surface area contributed by atoms with E-state index in [2.05, 4.69) is 61.6 Å². The fourth-order valence-electron chi connectivity index (χ4n) is 1.45. The molecule has 0 N–H and O–H groups in total. The van der Waals surface area contributed by atoms with Gasteiger partial charge in [-0.15, -0.1) is 0 Å². The highest BCUT2D eigenvalue weighted by Gasteiger charge is 1.96. The van der Waals surface area contributed by atoms with E-state index in [0.717, 1.165) is 0 Å². The second kappa shape index (κ2) is 3.44. The largest absolute Gasteiger partial charge is 0.0620 e. The van der Waals surface area contributed by atoms with Crippen LogP contribution in [0.25, 0.3) is 12.2 Å². The molecule has 1 aliphatic rings. The van der Waals surface area contributed by atoms with E-state index in [9.17, 15) is 0 Å². The molecular formula is C13H12. The first-order valence-corrected chi connectivity index (χ1v) is 4.48. The Morgan fingerprint density at radius 1 is 0.846 bits per heavy atom. The smallest absolute Gasteiger partial charge is 0.0181 e.